The lowest BCUT2D eigenvalue weighted by molar-refractivity contribution is 0.0689. The number of aromatic carboxylic acids is 1. The molecule has 1 aromatic rings. The summed E-state index contributed by atoms with van der Waals surface area (Å²) in [7, 11) is 1.52. The lowest BCUT2D eigenvalue weighted by atomic mass is 9.89. The summed E-state index contributed by atoms with van der Waals surface area (Å²) in [5.74, 6) is 0.117. The van der Waals surface area contributed by atoms with Crippen molar-refractivity contribution in [3.05, 3.63) is 28.3 Å². The summed E-state index contributed by atoms with van der Waals surface area (Å²) in [6, 6.07) is 0. The molecule has 168 valence electrons. The van der Waals surface area contributed by atoms with E-state index in [9.17, 15) is 9.90 Å². The summed E-state index contributed by atoms with van der Waals surface area (Å²) in [6.45, 7) is 8.22. The molecule has 4 heteroatoms. The van der Waals surface area contributed by atoms with Gasteiger partial charge in [0.2, 0.25) is 0 Å². The Balaban J connectivity index is 1.91. The molecule has 0 bridgehead atoms. The average Bonchev–Trinajstić information content (AvgIpc) is 2.72. The molecule has 0 fully saturated rings. The summed E-state index contributed by atoms with van der Waals surface area (Å²) in [4.78, 5) is 11.9. The standard InChI is InChI=1S/C26H40O4/c1-6-7-8-9-10-11-12-13-14-15-17-26(4)18-16-21-22(25(27)28)24(29-5)20(3)19(2)23(21)30-26/h16,18H,6-15,17H2,1-5H3,(H,27,28). The van der Waals surface area contributed by atoms with Crippen LogP contribution in [-0.2, 0) is 0 Å². The maximum Gasteiger partial charge on any atom is 0.340 e. The molecule has 30 heavy (non-hydrogen) atoms. The van der Waals surface area contributed by atoms with Crippen LogP contribution in [-0.4, -0.2) is 23.8 Å². The van der Waals surface area contributed by atoms with Crippen LogP contribution in [0.25, 0.3) is 6.08 Å². The van der Waals surface area contributed by atoms with Crippen molar-refractivity contribution in [2.24, 2.45) is 0 Å². The van der Waals surface area contributed by atoms with Crippen LogP contribution < -0.4 is 9.47 Å². The highest BCUT2D eigenvalue weighted by Crippen LogP contribution is 2.44. The van der Waals surface area contributed by atoms with Crippen molar-refractivity contribution in [2.45, 2.75) is 104 Å². The van der Waals surface area contributed by atoms with E-state index in [-0.39, 0.29) is 5.56 Å². The van der Waals surface area contributed by atoms with E-state index in [1.165, 1.54) is 64.9 Å². The Hall–Kier alpha value is -1.97. The van der Waals surface area contributed by atoms with Gasteiger partial charge in [0.1, 0.15) is 22.7 Å². The van der Waals surface area contributed by atoms with Crippen LogP contribution in [0.15, 0.2) is 6.08 Å². The van der Waals surface area contributed by atoms with E-state index >= 15 is 0 Å². The maximum atomic E-state index is 11.9. The molecule has 1 heterocycles. The van der Waals surface area contributed by atoms with Gasteiger partial charge in [-0.25, -0.2) is 4.79 Å². The normalized spacial score (nSPS) is 17.5. The lowest BCUT2D eigenvalue weighted by Crippen LogP contribution is -2.33. The number of methoxy groups -OCH3 is 1. The van der Waals surface area contributed by atoms with Crippen molar-refractivity contribution >= 4 is 12.0 Å². The highest BCUT2D eigenvalue weighted by molar-refractivity contribution is 5.98. The van der Waals surface area contributed by atoms with Crippen LogP contribution >= 0.6 is 0 Å². The van der Waals surface area contributed by atoms with Crippen LogP contribution in [0.1, 0.15) is 112 Å². The molecule has 0 aliphatic carbocycles. The van der Waals surface area contributed by atoms with Crippen LogP contribution in [0.3, 0.4) is 0 Å². The van der Waals surface area contributed by atoms with Crippen molar-refractivity contribution in [3.8, 4) is 11.5 Å². The van der Waals surface area contributed by atoms with Gasteiger partial charge in [-0.05, 0) is 50.8 Å². The fraction of sp³-hybridized carbons (Fsp3) is 0.654. The highest BCUT2D eigenvalue weighted by Gasteiger charge is 2.33. The molecule has 1 aromatic carbocycles. The summed E-state index contributed by atoms with van der Waals surface area (Å²) >= 11 is 0. The molecular weight excluding hydrogens is 376 g/mol. The molecule has 1 N–H and O–H groups in total. The van der Waals surface area contributed by atoms with Gasteiger partial charge in [0.05, 0.1) is 7.11 Å². The molecule has 1 aliphatic rings. The fourth-order valence-corrected chi connectivity index (χ4v) is 4.35. The minimum Gasteiger partial charge on any atom is -0.496 e. The van der Waals surface area contributed by atoms with Crippen molar-refractivity contribution in [1.29, 1.82) is 0 Å². The van der Waals surface area contributed by atoms with Crippen molar-refractivity contribution in [2.75, 3.05) is 7.11 Å². The quantitative estimate of drug-likeness (QED) is 0.338. The predicted molar refractivity (Wildman–Crippen MR) is 124 cm³/mol. The van der Waals surface area contributed by atoms with Crippen molar-refractivity contribution < 1.29 is 19.4 Å². The highest BCUT2D eigenvalue weighted by atomic mass is 16.5. The summed E-state index contributed by atoms with van der Waals surface area (Å²) < 4.78 is 11.8. The Morgan fingerprint density at radius 2 is 1.57 bits per heavy atom. The zero-order valence-corrected chi connectivity index (χ0v) is 19.6. The second-order valence-corrected chi connectivity index (χ2v) is 8.89. The van der Waals surface area contributed by atoms with Gasteiger partial charge >= 0.3 is 5.97 Å². The first kappa shape index (κ1) is 24.3. The Bertz CT molecular complexity index is 750. The topological polar surface area (TPSA) is 55.8 Å². The predicted octanol–water partition coefficient (Wildman–Crippen LogP) is 7.49. The van der Waals surface area contributed by atoms with Gasteiger partial charge in [-0.2, -0.15) is 0 Å². The van der Waals surface area contributed by atoms with E-state index in [0.717, 1.165) is 24.0 Å². The SMILES string of the molecule is CCCCCCCCCCCCC1(C)C=Cc2c(c(C)c(C)c(OC)c2C(=O)O)O1. The van der Waals surface area contributed by atoms with Crippen molar-refractivity contribution in [1.82, 2.24) is 0 Å². The maximum absolute atomic E-state index is 11.9. The molecule has 0 amide bonds. The Morgan fingerprint density at radius 1 is 1.00 bits per heavy atom. The average molecular weight is 417 g/mol. The fourth-order valence-electron chi connectivity index (χ4n) is 4.35. The van der Waals surface area contributed by atoms with Gasteiger partial charge in [-0.1, -0.05) is 70.8 Å². The number of benzene rings is 1. The minimum atomic E-state index is -0.988. The second kappa shape index (κ2) is 11.4. The van der Waals surface area contributed by atoms with Crippen LogP contribution in [0.2, 0.25) is 0 Å². The third kappa shape index (κ3) is 6.02. The molecule has 1 atom stereocenters. The number of ether oxygens (including phenoxy) is 2. The molecule has 0 aromatic heterocycles. The van der Waals surface area contributed by atoms with E-state index in [0.29, 0.717) is 17.1 Å². The number of hydrogen-bond acceptors (Lipinski definition) is 3. The molecule has 0 saturated heterocycles. The lowest BCUT2D eigenvalue weighted by Gasteiger charge is -2.34. The molecule has 2 rings (SSSR count). The number of carboxylic acids is 1. The monoisotopic (exact) mass is 416 g/mol. The molecule has 1 aliphatic heterocycles. The van der Waals surface area contributed by atoms with Crippen LogP contribution in [0.5, 0.6) is 11.5 Å². The number of fused-ring (bicyclic) bond motifs is 1. The summed E-state index contributed by atoms with van der Waals surface area (Å²) in [5, 5.41) is 9.73. The van der Waals surface area contributed by atoms with E-state index in [1.807, 2.05) is 26.0 Å². The number of carbonyl (C=O) groups is 1. The number of carboxylic acid groups (broad SMARTS) is 1. The van der Waals surface area contributed by atoms with Crippen LogP contribution in [0, 0.1) is 13.8 Å². The van der Waals surface area contributed by atoms with Gasteiger partial charge in [-0.3, -0.25) is 0 Å². The van der Waals surface area contributed by atoms with E-state index in [2.05, 4.69) is 13.8 Å². The zero-order chi connectivity index (χ0) is 22.1. The van der Waals surface area contributed by atoms with Crippen LogP contribution in [0.4, 0.5) is 0 Å². The first-order chi connectivity index (χ1) is 14.3. The Labute approximate surface area is 182 Å². The number of unbranched alkanes of at least 4 members (excludes halogenated alkanes) is 9. The molecule has 0 radical (unpaired) electrons. The Morgan fingerprint density at radius 3 is 2.10 bits per heavy atom. The summed E-state index contributed by atoms with van der Waals surface area (Å²) in [6.07, 6.45) is 18.0. The van der Waals surface area contributed by atoms with Gasteiger partial charge in [0.15, 0.2) is 0 Å². The molecule has 0 spiro atoms. The first-order valence-electron chi connectivity index (χ1n) is 11.7. The van der Waals surface area contributed by atoms with Gasteiger partial charge in [0.25, 0.3) is 0 Å². The first-order valence-corrected chi connectivity index (χ1v) is 11.7. The van der Waals surface area contributed by atoms with Gasteiger partial charge < -0.3 is 14.6 Å². The second-order valence-electron chi connectivity index (χ2n) is 8.89. The molecule has 1 unspecified atom stereocenters. The smallest absolute Gasteiger partial charge is 0.340 e. The van der Waals surface area contributed by atoms with Gasteiger partial charge in [0, 0.05) is 5.56 Å². The van der Waals surface area contributed by atoms with E-state index in [1.54, 1.807) is 0 Å². The summed E-state index contributed by atoms with van der Waals surface area (Å²) in [5.41, 5.74) is 2.18. The molecule has 0 saturated carbocycles. The van der Waals surface area contributed by atoms with Gasteiger partial charge in [-0.15, -0.1) is 0 Å². The van der Waals surface area contributed by atoms with E-state index in [4.69, 9.17) is 9.47 Å². The minimum absolute atomic E-state index is 0.188. The molecule has 4 nitrogen and oxygen atoms in total. The number of rotatable bonds is 13. The van der Waals surface area contributed by atoms with E-state index < -0.39 is 11.6 Å². The van der Waals surface area contributed by atoms with Crippen molar-refractivity contribution in [3.63, 3.8) is 0 Å². The number of hydrogen-bond donors (Lipinski definition) is 1. The zero-order valence-electron chi connectivity index (χ0n) is 19.6. The molecular formula is C26H40O4. The third-order valence-corrected chi connectivity index (χ3v) is 6.37. The largest absolute Gasteiger partial charge is 0.496 e. The Kier molecular flexibility index (Phi) is 9.26. The third-order valence-electron chi connectivity index (χ3n) is 6.37.